The first-order valence-electron chi connectivity index (χ1n) is 6.57. The van der Waals surface area contributed by atoms with Gasteiger partial charge < -0.3 is 4.90 Å². The van der Waals surface area contributed by atoms with Gasteiger partial charge >= 0.3 is 0 Å². The number of amides is 1. The second-order valence-electron chi connectivity index (χ2n) is 4.79. The summed E-state index contributed by atoms with van der Waals surface area (Å²) in [5.74, 6) is 0.148. The molecule has 2 heterocycles. The number of nitrogens with zero attached hydrogens (tertiary/aromatic N) is 1. The fourth-order valence-electron chi connectivity index (χ4n) is 2.36. The lowest BCUT2D eigenvalue weighted by Crippen LogP contribution is -2.33. The molecule has 1 atom stereocenters. The second-order valence-corrected chi connectivity index (χ2v) is 8.07. The Labute approximate surface area is 118 Å². The lowest BCUT2D eigenvalue weighted by molar-refractivity contribution is -0.131. The minimum atomic E-state index is -3.15. The summed E-state index contributed by atoms with van der Waals surface area (Å²) in [5.41, 5.74) is 0. The highest BCUT2D eigenvalue weighted by Crippen LogP contribution is 2.32. The molecule has 1 aromatic rings. The van der Waals surface area contributed by atoms with Gasteiger partial charge in [0.2, 0.25) is 5.91 Å². The van der Waals surface area contributed by atoms with Crippen molar-refractivity contribution in [3.8, 4) is 0 Å². The molecule has 1 aliphatic heterocycles. The van der Waals surface area contributed by atoms with E-state index in [0.717, 1.165) is 11.3 Å². The second kappa shape index (κ2) is 6.05. The number of hydrogen-bond donors (Lipinski definition) is 0. The van der Waals surface area contributed by atoms with Crippen LogP contribution in [-0.2, 0) is 14.6 Å². The first-order chi connectivity index (χ1) is 9.04. The molecule has 0 radical (unpaired) electrons. The van der Waals surface area contributed by atoms with Crippen molar-refractivity contribution in [3.63, 3.8) is 0 Å². The molecular weight excluding hydrogens is 282 g/mol. The molecule has 106 valence electrons. The third-order valence-electron chi connectivity index (χ3n) is 3.42. The molecule has 0 bridgehead atoms. The van der Waals surface area contributed by atoms with Crippen molar-refractivity contribution in [2.75, 3.05) is 18.8 Å². The van der Waals surface area contributed by atoms with Crippen molar-refractivity contribution >= 4 is 27.1 Å². The van der Waals surface area contributed by atoms with E-state index in [9.17, 15) is 13.2 Å². The van der Waals surface area contributed by atoms with E-state index in [1.54, 1.807) is 4.90 Å². The summed E-state index contributed by atoms with van der Waals surface area (Å²) >= 11 is 1.48. The number of carbonyl (C=O) groups excluding carboxylic acids is 1. The van der Waals surface area contributed by atoms with Gasteiger partial charge in [0, 0.05) is 24.4 Å². The fourth-order valence-corrected chi connectivity index (χ4v) is 5.36. The third kappa shape index (κ3) is 3.36. The monoisotopic (exact) mass is 301 g/mol. The van der Waals surface area contributed by atoms with Crippen LogP contribution in [0.1, 0.15) is 36.3 Å². The van der Waals surface area contributed by atoms with Crippen LogP contribution < -0.4 is 0 Å². The van der Waals surface area contributed by atoms with E-state index in [2.05, 4.69) is 0 Å². The highest BCUT2D eigenvalue weighted by Gasteiger charge is 2.32. The van der Waals surface area contributed by atoms with Crippen LogP contribution in [0.15, 0.2) is 17.5 Å². The van der Waals surface area contributed by atoms with Crippen LogP contribution in [-0.4, -0.2) is 38.1 Å². The minimum Gasteiger partial charge on any atom is -0.342 e. The van der Waals surface area contributed by atoms with Crippen molar-refractivity contribution in [1.82, 2.24) is 4.90 Å². The molecule has 1 unspecified atom stereocenters. The Kier molecular flexibility index (Phi) is 4.62. The quantitative estimate of drug-likeness (QED) is 0.860. The molecule has 1 fully saturated rings. The topological polar surface area (TPSA) is 54.5 Å². The zero-order valence-corrected chi connectivity index (χ0v) is 12.7. The Morgan fingerprint density at radius 3 is 2.89 bits per heavy atom. The zero-order chi connectivity index (χ0) is 13.9. The van der Waals surface area contributed by atoms with Gasteiger partial charge in [-0.3, -0.25) is 4.79 Å². The predicted octanol–water partition coefficient (Wildman–Crippen LogP) is 2.24. The van der Waals surface area contributed by atoms with Gasteiger partial charge in [-0.2, -0.15) is 0 Å². The molecule has 0 N–H and O–H groups in total. The molecule has 6 heteroatoms. The van der Waals surface area contributed by atoms with E-state index in [1.807, 2.05) is 24.4 Å². The van der Waals surface area contributed by atoms with Crippen molar-refractivity contribution < 1.29 is 13.2 Å². The van der Waals surface area contributed by atoms with Gasteiger partial charge in [0.25, 0.3) is 0 Å². The van der Waals surface area contributed by atoms with E-state index in [1.165, 1.54) is 11.3 Å². The summed E-state index contributed by atoms with van der Waals surface area (Å²) in [7, 11) is -3.15. The van der Waals surface area contributed by atoms with Crippen LogP contribution in [0.2, 0.25) is 0 Å². The fraction of sp³-hybridized carbons (Fsp3) is 0.615. The molecule has 1 aromatic heterocycles. The molecule has 4 nitrogen and oxygen atoms in total. The van der Waals surface area contributed by atoms with E-state index < -0.39 is 15.1 Å². The van der Waals surface area contributed by atoms with Gasteiger partial charge in [0.1, 0.15) is 0 Å². The third-order valence-corrected chi connectivity index (χ3v) is 6.66. The highest BCUT2D eigenvalue weighted by atomic mass is 32.2. The van der Waals surface area contributed by atoms with E-state index in [-0.39, 0.29) is 11.7 Å². The molecule has 2 rings (SSSR count). The van der Waals surface area contributed by atoms with Crippen molar-refractivity contribution in [2.45, 2.75) is 31.4 Å². The Morgan fingerprint density at radius 1 is 1.47 bits per heavy atom. The molecule has 1 aliphatic rings. The molecular formula is C13H19NO3S2. The maximum atomic E-state index is 12.3. The summed E-state index contributed by atoms with van der Waals surface area (Å²) < 4.78 is 24.6. The Bertz CT molecular complexity index is 522. The van der Waals surface area contributed by atoms with E-state index >= 15 is 0 Å². The number of sulfone groups is 1. The van der Waals surface area contributed by atoms with Gasteiger partial charge in [-0.25, -0.2) is 8.42 Å². The number of carbonyl (C=O) groups is 1. The Hall–Kier alpha value is -0.880. The van der Waals surface area contributed by atoms with Crippen LogP contribution in [0.5, 0.6) is 0 Å². The number of hydrogen-bond acceptors (Lipinski definition) is 4. The summed E-state index contributed by atoms with van der Waals surface area (Å²) in [6, 6.07) is 3.75. The summed E-state index contributed by atoms with van der Waals surface area (Å²) in [5, 5.41) is 1.46. The normalized spacial score (nSPS) is 23.0. The summed E-state index contributed by atoms with van der Waals surface area (Å²) in [4.78, 5) is 14.5. The maximum absolute atomic E-state index is 12.3. The SMILES string of the molecule is CCCC(=O)N1CCC(c2cccs2)S(=O)(=O)CC1. The van der Waals surface area contributed by atoms with Gasteiger partial charge in [-0.05, 0) is 24.3 Å². The van der Waals surface area contributed by atoms with E-state index in [4.69, 9.17) is 0 Å². The largest absolute Gasteiger partial charge is 0.342 e. The highest BCUT2D eigenvalue weighted by molar-refractivity contribution is 7.91. The average molecular weight is 301 g/mol. The Morgan fingerprint density at radius 2 is 2.26 bits per heavy atom. The lowest BCUT2D eigenvalue weighted by atomic mass is 10.2. The molecule has 0 spiro atoms. The molecule has 1 saturated heterocycles. The van der Waals surface area contributed by atoms with Crippen LogP contribution in [0, 0.1) is 0 Å². The van der Waals surface area contributed by atoms with Crippen LogP contribution in [0.25, 0.3) is 0 Å². The van der Waals surface area contributed by atoms with Crippen molar-refractivity contribution in [2.24, 2.45) is 0 Å². The maximum Gasteiger partial charge on any atom is 0.222 e. The average Bonchev–Trinajstić information content (AvgIpc) is 2.81. The van der Waals surface area contributed by atoms with Crippen LogP contribution >= 0.6 is 11.3 Å². The van der Waals surface area contributed by atoms with Crippen LogP contribution in [0.3, 0.4) is 0 Å². The minimum absolute atomic E-state index is 0.0736. The first kappa shape index (κ1) is 14.5. The Balaban J connectivity index is 2.15. The standard InChI is InChI=1S/C13H19NO3S2/c1-2-4-13(15)14-7-6-12(11-5-3-9-18-11)19(16,17)10-8-14/h3,5,9,12H,2,4,6-8,10H2,1H3. The number of rotatable bonds is 3. The predicted molar refractivity (Wildman–Crippen MR) is 77.0 cm³/mol. The lowest BCUT2D eigenvalue weighted by Gasteiger charge is -2.19. The van der Waals surface area contributed by atoms with Gasteiger partial charge in [-0.15, -0.1) is 11.3 Å². The van der Waals surface area contributed by atoms with Gasteiger partial charge in [0.05, 0.1) is 11.0 Å². The molecule has 19 heavy (non-hydrogen) atoms. The van der Waals surface area contributed by atoms with E-state index in [0.29, 0.717) is 25.9 Å². The zero-order valence-electron chi connectivity index (χ0n) is 11.0. The van der Waals surface area contributed by atoms with Gasteiger partial charge in [0.15, 0.2) is 9.84 Å². The molecule has 1 amide bonds. The smallest absolute Gasteiger partial charge is 0.222 e. The molecule has 0 aliphatic carbocycles. The molecule has 0 saturated carbocycles. The van der Waals surface area contributed by atoms with Gasteiger partial charge in [-0.1, -0.05) is 13.0 Å². The van der Waals surface area contributed by atoms with Crippen molar-refractivity contribution in [1.29, 1.82) is 0 Å². The molecule has 0 aromatic carbocycles. The summed E-state index contributed by atoms with van der Waals surface area (Å²) in [6.07, 6.45) is 1.82. The van der Waals surface area contributed by atoms with Crippen LogP contribution in [0.4, 0.5) is 0 Å². The number of thiophene rings is 1. The van der Waals surface area contributed by atoms with Crippen molar-refractivity contribution in [3.05, 3.63) is 22.4 Å². The first-order valence-corrected chi connectivity index (χ1v) is 9.17. The summed E-state index contributed by atoms with van der Waals surface area (Å²) in [6.45, 7) is 2.84.